The van der Waals surface area contributed by atoms with E-state index in [2.05, 4.69) is 10.3 Å². The van der Waals surface area contributed by atoms with Crippen molar-refractivity contribution in [1.29, 1.82) is 0 Å². The Balaban J connectivity index is 2.60. The molecule has 0 aromatic carbocycles. The molecule has 1 amide bonds. The summed E-state index contributed by atoms with van der Waals surface area (Å²) in [6.45, 7) is 3.38. The zero-order chi connectivity index (χ0) is 10.6. The normalized spacial score (nSPS) is 14.5. The fraction of sp³-hybridized carbons (Fsp3) is 0.400. The minimum absolute atomic E-state index is 0.216. The SMILES string of the molecule is CC(O)C(C)NC(=O)c1cccnc1. The van der Waals surface area contributed by atoms with Gasteiger partial charge in [0.05, 0.1) is 17.7 Å². The number of nitrogens with one attached hydrogen (secondary N) is 1. The Kier molecular flexibility index (Phi) is 3.59. The van der Waals surface area contributed by atoms with E-state index in [1.807, 2.05) is 0 Å². The van der Waals surface area contributed by atoms with Gasteiger partial charge in [0.25, 0.3) is 5.91 Å². The number of amides is 1. The second-order valence-corrected chi connectivity index (χ2v) is 3.24. The van der Waals surface area contributed by atoms with E-state index in [1.165, 1.54) is 6.20 Å². The molecule has 0 fully saturated rings. The van der Waals surface area contributed by atoms with Crippen molar-refractivity contribution in [2.75, 3.05) is 0 Å². The van der Waals surface area contributed by atoms with Gasteiger partial charge in [-0.1, -0.05) is 0 Å². The van der Waals surface area contributed by atoms with Crippen LogP contribution in [-0.4, -0.2) is 28.1 Å². The van der Waals surface area contributed by atoms with Crippen LogP contribution >= 0.6 is 0 Å². The highest BCUT2D eigenvalue weighted by Gasteiger charge is 2.12. The molecule has 0 bridgehead atoms. The Morgan fingerprint density at radius 2 is 2.29 bits per heavy atom. The highest BCUT2D eigenvalue weighted by Crippen LogP contribution is 1.98. The highest BCUT2D eigenvalue weighted by atomic mass is 16.3. The van der Waals surface area contributed by atoms with Crippen LogP contribution in [0.5, 0.6) is 0 Å². The average Bonchev–Trinajstić information content (AvgIpc) is 2.19. The molecule has 0 radical (unpaired) electrons. The molecule has 1 heterocycles. The summed E-state index contributed by atoms with van der Waals surface area (Å²) in [7, 11) is 0. The van der Waals surface area contributed by atoms with Gasteiger partial charge in [0.15, 0.2) is 0 Å². The van der Waals surface area contributed by atoms with Gasteiger partial charge >= 0.3 is 0 Å². The number of aliphatic hydroxyl groups is 1. The third kappa shape index (κ3) is 2.81. The topological polar surface area (TPSA) is 62.2 Å². The number of rotatable bonds is 3. The molecule has 0 aliphatic heterocycles. The van der Waals surface area contributed by atoms with Crippen LogP contribution in [0.2, 0.25) is 0 Å². The lowest BCUT2D eigenvalue weighted by molar-refractivity contribution is 0.0873. The number of pyridine rings is 1. The van der Waals surface area contributed by atoms with Gasteiger partial charge in [0, 0.05) is 12.4 Å². The first-order chi connectivity index (χ1) is 6.61. The Labute approximate surface area is 83.0 Å². The number of aliphatic hydroxyl groups excluding tert-OH is 1. The molecule has 4 heteroatoms. The maximum absolute atomic E-state index is 11.5. The van der Waals surface area contributed by atoms with E-state index in [0.717, 1.165) is 0 Å². The maximum atomic E-state index is 11.5. The Bertz CT molecular complexity index is 298. The van der Waals surface area contributed by atoms with E-state index in [0.29, 0.717) is 5.56 Å². The first-order valence-electron chi connectivity index (χ1n) is 4.50. The van der Waals surface area contributed by atoms with Crippen LogP contribution < -0.4 is 5.32 Å². The van der Waals surface area contributed by atoms with Crippen LogP contribution in [-0.2, 0) is 0 Å². The van der Waals surface area contributed by atoms with Gasteiger partial charge in [0.2, 0.25) is 0 Å². The molecule has 2 unspecified atom stereocenters. The second kappa shape index (κ2) is 4.72. The van der Waals surface area contributed by atoms with Gasteiger partial charge in [0.1, 0.15) is 0 Å². The van der Waals surface area contributed by atoms with Crippen LogP contribution in [0.25, 0.3) is 0 Å². The number of hydrogen-bond acceptors (Lipinski definition) is 3. The highest BCUT2D eigenvalue weighted by molar-refractivity contribution is 5.93. The molecular formula is C10H14N2O2. The standard InChI is InChI=1S/C10H14N2O2/c1-7(8(2)13)12-10(14)9-4-3-5-11-6-9/h3-8,13H,1-2H3,(H,12,14). The van der Waals surface area contributed by atoms with Crippen LogP contribution in [0.4, 0.5) is 0 Å². The fourth-order valence-corrected chi connectivity index (χ4v) is 0.908. The first kappa shape index (κ1) is 10.7. The summed E-state index contributed by atoms with van der Waals surface area (Å²) >= 11 is 0. The van der Waals surface area contributed by atoms with Gasteiger partial charge in [-0.2, -0.15) is 0 Å². The molecule has 0 saturated heterocycles. The Hall–Kier alpha value is -1.42. The van der Waals surface area contributed by atoms with Gasteiger partial charge in [-0.25, -0.2) is 0 Å². The van der Waals surface area contributed by atoms with Gasteiger partial charge in [-0.05, 0) is 26.0 Å². The van der Waals surface area contributed by atoms with E-state index in [-0.39, 0.29) is 11.9 Å². The summed E-state index contributed by atoms with van der Waals surface area (Å²) in [5, 5.41) is 11.9. The molecule has 4 nitrogen and oxygen atoms in total. The maximum Gasteiger partial charge on any atom is 0.253 e. The predicted octanol–water partition coefficient (Wildman–Crippen LogP) is 0.581. The van der Waals surface area contributed by atoms with Crippen molar-refractivity contribution in [2.45, 2.75) is 26.0 Å². The molecule has 2 N–H and O–H groups in total. The number of carbonyl (C=O) groups is 1. The molecule has 0 aliphatic rings. The van der Waals surface area contributed by atoms with Gasteiger partial charge in [-0.3, -0.25) is 9.78 Å². The molecule has 76 valence electrons. The largest absolute Gasteiger partial charge is 0.391 e. The van der Waals surface area contributed by atoms with E-state index < -0.39 is 6.10 Å². The third-order valence-electron chi connectivity index (χ3n) is 2.01. The first-order valence-corrected chi connectivity index (χ1v) is 4.50. The smallest absolute Gasteiger partial charge is 0.253 e. The molecule has 1 aromatic heterocycles. The van der Waals surface area contributed by atoms with Crippen molar-refractivity contribution in [3.63, 3.8) is 0 Å². The van der Waals surface area contributed by atoms with Crippen molar-refractivity contribution >= 4 is 5.91 Å². The van der Waals surface area contributed by atoms with Crippen LogP contribution in [0.15, 0.2) is 24.5 Å². The van der Waals surface area contributed by atoms with E-state index in [9.17, 15) is 9.90 Å². The minimum atomic E-state index is -0.560. The van der Waals surface area contributed by atoms with Crippen molar-refractivity contribution < 1.29 is 9.90 Å². The lowest BCUT2D eigenvalue weighted by Crippen LogP contribution is -2.39. The summed E-state index contributed by atoms with van der Waals surface area (Å²) in [6, 6.07) is 3.11. The molecule has 0 aliphatic carbocycles. The predicted molar refractivity (Wildman–Crippen MR) is 52.8 cm³/mol. The zero-order valence-electron chi connectivity index (χ0n) is 8.27. The number of nitrogens with zero attached hydrogens (tertiary/aromatic N) is 1. The van der Waals surface area contributed by atoms with Crippen LogP contribution in [0.3, 0.4) is 0 Å². The number of aromatic nitrogens is 1. The van der Waals surface area contributed by atoms with Crippen LogP contribution in [0, 0.1) is 0 Å². The fourth-order valence-electron chi connectivity index (χ4n) is 0.908. The van der Waals surface area contributed by atoms with E-state index in [4.69, 9.17) is 0 Å². The molecule has 2 atom stereocenters. The quantitative estimate of drug-likeness (QED) is 0.740. The average molecular weight is 194 g/mol. The van der Waals surface area contributed by atoms with Crippen LogP contribution in [0.1, 0.15) is 24.2 Å². The number of carbonyl (C=O) groups excluding carboxylic acids is 1. The summed E-state index contributed by atoms with van der Waals surface area (Å²) in [4.78, 5) is 15.3. The van der Waals surface area contributed by atoms with E-state index >= 15 is 0 Å². The molecule has 1 aromatic rings. The molecule has 0 saturated carbocycles. The Morgan fingerprint density at radius 3 is 2.79 bits per heavy atom. The van der Waals surface area contributed by atoms with E-state index in [1.54, 1.807) is 32.2 Å². The Morgan fingerprint density at radius 1 is 1.57 bits per heavy atom. The summed E-state index contributed by atoms with van der Waals surface area (Å²) in [6.07, 6.45) is 2.54. The molecule has 14 heavy (non-hydrogen) atoms. The molecule has 0 spiro atoms. The lowest BCUT2D eigenvalue weighted by atomic mass is 10.2. The van der Waals surface area contributed by atoms with Crippen molar-refractivity contribution in [2.24, 2.45) is 0 Å². The molecular weight excluding hydrogens is 180 g/mol. The van der Waals surface area contributed by atoms with Crippen molar-refractivity contribution in [3.05, 3.63) is 30.1 Å². The monoisotopic (exact) mass is 194 g/mol. The zero-order valence-corrected chi connectivity index (χ0v) is 8.27. The third-order valence-corrected chi connectivity index (χ3v) is 2.01. The second-order valence-electron chi connectivity index (χ2n) is 3.24. The summed E-state index contributed by atoms with van der Waals surface area (Å²) < 4.78 is 0. The van der Waals surface area contributed by atoms with Crippen molar-refractivity contribution in [1.82, 2.24) is 10.3 Å². The van der Waals surface area contributed by atoms with Crippen molar-refractivity contribution in [3.8, 4) is 0 Å². The molecule has 1 rings (SSSR count). The summed E-state index contributed by atoms with van der Waals surface area (Å²) in [5.74, 6) is -0.216. The lowest BCUT2D eigenvalue weighted by Gasteiger charge is -2.16. The van der Waals surface area contributed by atoms with Gasteiger partial charge in [-0.15, -0.1) is 0 Å². The summed E-state index contributed by atoms with van der Waals surface area (Å²) in [5.41, 5.74) is 0.500. The number of hydrogen-bond donors (Lipinski definition) is 2. The minimum Gasteiger partial charge on any atom is -0.391 e. The van der Waals surface area contributed by atoms with Gasteiger partial charge < -0.3 is 10.4 Å².